The maximum absolute atomic E-state index is 14.0. The number of alkyl carbamates (subject to hydrolysis) is 1. The quantitative estimate of drug-likeness (QED) is 0.0559. The number of aliphatic hydroxyl groups excluding tert-OH is 1. The standard InChI is InChI=1S/C33H49F2N3O7S/c1-5-9-28(10-6-2)44-45-46-22-30(38-33(41)43-14-13-42-4)32(40)37-29(18-25-16-26(34)19-27(35)17-25)31(39)21-36-20-24-12-8-11-23(7-3)15-24/h8,11-12,15-17,19,28-31,36,39H,5-7,9-10,13-14,18,20-22H2,1-4H3,(H,37,40)(H,38,41)/t29-,30+,31+/m0/s1. The molecule has 0 radical (unpaired) electrons. The Kier molecular flexibility index (Phi) is 19.4. The van der Waals surface area contributed by atoms with Gasteiger partial charge in [-0.2, -0.15) is 4.33 Å². The van der Waals surface area contributed by atoms with Crippen molar-refractivity contribution in [2.45, 2.75) is 90.1 Å². The number of ether oxygens (including phenoxy) is 2. The molecule has 0 saturated carbocycles. The maximum atomic E-state index is 14.0. The van der Waals surface area contributed by atoms with Crippen LogP contribution in [0.15, 0.2) is 42.5 Å². The van der Waals surface area contributed by atoms with E-state index in [1.165, 1.54) is 12.7 Å². The summed E-state index contributed by atoms with van der Waals surface area (Å²) in [6.45, 7) is 6.81. The van der Waals surface area contributed by atoms with Crippen molar-refractivity contribution in [2.24, 2.45) is 0 Å². The van der Waals surface area contributed by atoms with Crippen molar-refractivity contribution in [1.82, 2.24) is 16.0 Å². The number of benzene rings is 2. The molecule has 46 heavy (non-hydrogen) atoms. The van der Waals surface area contributed by atoms with Crippen molar-refractivity contribution in [1.29, 1.82) is 0 Å². The molecule has 0 aromatic heterocycles. The molecule has 0 bridgehead atoms. The van der Waals surface area contributed by atoms with Crippen LogP contribution >= 0.6 is 12.0 Å². The second kappa shape index (κ2) is 22.7. The second-order valence-electron chi connectivity index (χ2n) is 10.9. The fourth-order valence-corrected chi connectivity index (χ4v) is 5.26. The van der Waals surface area contributed by atoms with Gasteiger partial charge in [0.05, 0.1) is 30.6 Å². The lowest BCUT2D eigenvalue weighted by Crippen LogP contribution is -2.55. The van der Waals surface area contributed by atoms with E-state index in [4.69, 9.17) is 18.7 Å². The first-order valence-electron chi connectivity index (χ1n) is 15.8. The first-order valence-corrected chi connectivity index (χ1v) is 16.7. The van der Waals surface area contributed by atoms with E-state index in [0.717, 1.165) is 67.9 Å². The number of aryl methyl sites for hydroxylation is 1. The summed E-state index contributed by atoms with van der Waals surface area (Å²) in [5.41, 5.74) is 2.44. The van der Waals surface area contributed by atoms with Gasteiger partial charge in [-0.05, 0) is 54.5 Å². The Labute approximate surface area is 275 Å². The topological polar surface area (TPSA) is 127 Å². The monoisotopic (exact) mass is 669 g/mol. The lowest BCUT2D eigenvalue weighted by Gasteiger charge is -2.27. The smallest absolute Gasteiger partial charge is 0.407 e. The highest BCUT2D eigenvalue weighted by molar-refractivity contribution is 7.94. The zero-order valence-corrected chi connectivity index (χ0v) is 28.0. The minimum atomic E-state index is -1.16. The van der Waals surface area contributed by atoms with Gasteiger partial charge in [0, 0.05) is 38.3 Å². The van der Waals surface area contributed by atoms with Crippen molar-refractivity contribution in [3.8, 4) is 0 Å². The van der Waals surface area contributed by atoms with Crippen LogP contribution in [0.5, 0.6) is 0 Å². The van der Waals surface area contributed by atoms with E-state index in [1.807, 2.05) is 32.0 Å². The molecule has 0 saturated heterocycles. The van der Waals surface area contributed by atoms with Crippen LogP contribution in [0.2, 0.25) is 0 Å². The Morgan fingerprint density at radius 2 is 1.63 bits per heavy atom. The fourth-order valence-electron chi connectivity index (χ4n) is 4.66. The average Bonchev–Trinajstić information content (AvgIpc) is 3.02. The van der Waals surface area contributed by atoms with E-state index in [1.54, 1.807) is 0 Å². The second-order valence-corrected chi connectivity index (χ2v) is 11.6. The van der Waals surface area contributed by atoms with Crippen molar-refractivity contribution < 1.29 is 42.2 Å². The van der Waals surface area contributed by atoms with Gasteiger partial charge in [-0.25, -0.2) is 18.5 Å². The molecule has 0 fully saturated rings. The number of carbonyl (C=O) groups is 2. The number of methoxy groups -OCH3 is 1. The molecule has 0 spiro atoms. The van der Waals surface area contributed by atoms with Crippen LogP contribution in [0.25, 0.3) is 0 Å². The van der Waals surface area contributed by atoms with Crippen LogP contribution < -0.4 is 16.0 Å². The fraction of sp³-hybridized carbons (Fsp3) is 0.576. The Hall–Kier alpha value is -2.81. The number of halogens is 2. The number of hydrogen-bond donors (Lipinski definition) is 4. The lowest BCUT2D eigenvalue weighted by molar-refractivity contribution is -0.234. The normalized spacial score (nSPS) is 13.3. The van der Waals surface area contributed by atoms with Gasteiger partial charge in [-0.3, -0.25) is 4.79 Å². The summed E-state index contributed by atoms with van der Waals surface area (Å²) in [5, 5.41) is 19.6. The van der Waals surface area contributed by atoms with Crippen LogP contribution in [0, 0.1) is 11.6 Å². The van der Waals surface area contributed by atoms with Gasteiger partial charge in [0.25, 0.3) is 0 Å². The van der Waals surface area contributed by atoms with Crippen molar-refractivity contribution in [3.05, 3.63) is 70.8 Å². The molecule has 0 aliphatic carbocycles. The van der Waals surface area contributed by atoms with Gasteiger partial charge >= 0.3 is 6.09 Å². The van der Waals surface area contributed by atoms with Crippen LogP contribution in [0.4, 0.5) is 13.6 Å². The van der Waals surface area contributed by atoms with Gasteiger partial charge in [-0.1, -0.05) is 57.9 Å². The largest absolute Gasteiger partial charge is 0.447 e. The number of amides is 2. The van der Waals surface area contributed by atoms with Gasteiger partial charge in [0.15, 0.2) is 0 Å². The Morgan fingerprint density at radius 1 is 0.935 bits per heavy atom. The third kappa shape index (κ3) is 15.7. The van der Waals surface area contributed by atoms with E-state index < -0.39 is 41.8 Å². The highest BCUT2D eigenvalue weighted by Gasteiger charge is 2.28. The summed E-state index contributed by atoms with van der Waals surface area (Å²) in [5.74, 6) is -2.27. The Balaban J connectivity index is 2.16. The van der Waals surface area contributed by atoms with E-state index in [-0.39, 0.29) is 43.6 Å². The van der Waals surface area contributed by atoms with Crippen LogP contribution in [-0.4, -0.2) is 74.0 Å². The third-order valence-electron chi connectivity index (χ3n) is 7.06. The van der Waals surface area contributed by atoms with E-state index in [2.05, 4.69) is 28.9 Å². The highest BCUT2D eigenvalue weighted by Crippen LogP contribution is 2.16. The molecule has 4 N–H and O–H groups in total. The van der Waals surface area contributed by atoms with Gasteiger partial charge in [0.1, 0.15) is 24.3 Å². The molecule has 2 rings (SSSR count). The summed E-state index contributed by atoms with van der Waals surface area (Å²) < 4.78 is 43.3. The summed E-state index contributed by atoms with van der Waals surface area (Å²) in [4.78, 5) is 31.5. The molecule has 13 heteroatoms. The third-order valence-corrected chi connectivity index (χ3v) is 7.71. The minimum absolute atomic E-state index is 0.0293. The number of nitrogens with one attached hydrogen (secondary N) is 3. The van der Waals surface area contributed by atoms with Gasteiger partial charge < -0.3 is 30.5 Å². The first kappa shape index (κ1) is 39.4. The molecule has 258 valence electrons. The molecule has 2 amide bonds. The SMILES string of the molecule is CCCC(CCC)OOSC[C@@H](NC(=O)OCCOC)C(=O)N[C@@H](Cc1cc(F)cc(F)c1)[C@H](O)CNCc1cccc(CC)c1. The number of rotatable bonds is 23. The van der Waals surface area contributed by atoms with Crippen molar-refractivity contribution in [3.63, 3.8) is 0 Å². The molecule has 0 heterocycles. The molecule has 2 aromatic rings. The summed E-state index contributed by atoms with van der Waals surface area (Å²) in [6, 6.07) is 8.92. The van der Waals surface area contributed by atoms with Crippen LogP contribution in [0.3, 0.4) is 0 Å². The summed E-state index contributed by atoms with van der Waals surface area (Å²) in [6.07, 6.45) is 2.13. The van der Waals surface area contributed by atoms with Crippen molar-refractivity contribution in [2.75, 3.05) is 32.6 Å². The molecule has 0 aliphatic rings. The highest BCUT2D eigenvalue weighted by atomic mass is 32.2. The van der Waals surface area contributed by atoms with Gasteiger partial charge in [-0.15, -0.1) is 0 Å². The zero-order chi connectivity index (χ0) is 33.7. The maximum Gasteiger partial charge on any atom is 0.407 e. The molecular formula is C33H49F2N3O7S. The van der Waals surface area contributed by atoms with Crippen LogP contribution in [-0.2, 0) is 42.9 Å². The summed E-state index contributed by atoms with van der Waals surface area (Å²) >= 11 is 0.846. The zero-order valence-electron chi connectivity index (χ0n) is 27.2. The van der Waals surface area contributed by atoms with Gasteiger partial charge in [0.2, 0.25) is 5.91 Å². The molecular weight excluding hydrogens is 620 g/mol. The molecule has 2 aromatic carbocycles. The molecule has 0 unspecified atom stereocenters. The first-order chi connectivity index (χ1) is 22.2. The predicted octanol–water partition coefficient (Wildman–Crippen LogP) is 5.01. The average molecular weight is 670 g/mol. The van der Waals surface area contributed by atoms with Crippen LogP contribution in [0.1, 0.15) is 63.1 Å². The summed E-state index contributed by atoms with van der Waals surface area (Å²) in [7, 11) is 1.46. The van der Waals surface area contributed by atoms with E-state index in [9.17, 15) is 23.5 Å². The molecule has 10 nitrogen and oxygen atoms in total. The lowest BCUT2D eigenvalue weighted by atomic mass is 10.00. The minimum Gasteiger partial charge on any atom is -0.447 e. The van der Waals surface area contributed by atoms with E-state index >= 15 is 0 Å². The van der Waals surface area contributed by atoms with E-state index in [0.29, 0.717) is 6.54 Å². The number of hydrogen-bond acceptors (Lipinski definition) is 9. The predicted molar refractivity (Wildman–Crippen MR) is 174 cm³/mol. The Bertz CT molecular complexity index is 1150. The Morgan fingerprint density at radius 3 is 2.28 bits per heavy atom. The van der Waals surface area contributed by atoms with Crippen molar-refractivity contribution >= 4 is 24.0 Å². The molecule has 3 atom stereocenters. The molecule has 0 aliphatic heterocycles. The number of carbonyl (C=O) groups excluding carboxylic acids is 2. The number of aliphatic hydroxyl groups is 1.